The maximum Gasteiger partial charge on any atom is 0.326 e. The lowest BCUT2D eigenvalue weighted by atomic mass is 9.74. The quantitative estimate of drug-likeness (QED) is 0.262. The molecule has 2 saturated heterocycles. The topological polar surface area (TPSA) is 129 Å². The molecule has 2 aliphatic heterocycles. The maximum absolute atomic E-state index is 13.7. The van der Waals surface area contributed by atoms with Crippen LogP contribution >= 0.6 is 23.2 Å². The Balaban J connectivity index is 1.27. The number of nitrogens with one attached hydrogen (secondary N) is 2. The lowest BCUT2D eigenvalue weighted by Crippen LogP contribution is -2.64. The molecule has 3 amide bonds. The predicted octanol–water partition coefficient (Wildman–Crippen LogP) is 5.63. The van der Waals surface area contributed by atoms with E-state index in [1.165, 1.54) is 12.4 Å². The number of piperidine rings is 2. The van der Waals surface area contributed by atoms with E-state index >= 15 is 0 Å². The molecule has 9 nitrogen and oxygen atoms in total. The van der Waals surface area contributed by atoms with E-state index in [0.717, 1.165) is 31.2 Å². The number of fused-ring (bicyclic) bond motifs is 3. The fraction of sp³-hybridized carbons (Fsp3) is 0.303. The number of benzene rings is 2. The van der Waals surface area contributed by atoms with E-state index in [1.807, 2.05) is 36.4 Å². The summed E-state index contributed by atoms with van der Waals surface area (Å²) in [6, 6.07) is 14.1. The van der Waals surface area contributed by atoms with E-state index in [9.17, 15) is 24.3 Å². The number of halogens is 2. The van der Waals surface area contributed by atoms with Crippen LogP contribution < -0.4 is 10.6 Å². The van der Waals surface area contributed by atoms with E-state index in [4.69, 9.17) is 23.2 Å². The molecule has 1 aromatic heterocycles. The Bertz CT molecular complexity index is 1570. The van der Waals surface area contributed by atoms with Gasteiger partial charge in [0.1, 0.15) is 12.1 Å². The van der Waals surface area contributed by atoms with Crippen LogP contribution in [0.4, 0.5) is 5.69 Å². The van der Waals surface area contributed by atoms with Crippen molar-refractivity contribution in [3.8, 4) is 0 Å². The van der Waals surface area contributed by atoms with Crippen LogP contribution in [0, 0.1) is 5.92 Å². The Morgan fingerprint density at radius 3 is 2.23 bits per heavy atom. The number of hydrogen-bond acceptors (Lipinski definition) is 5. The highest BCUT2D eigenvalue weighted by Crippen LogP contribution is 2.40. The van der Waals surface area contributed by atoms with Crippen LogP contribution in [0.5, 0.6) is 0 Å². The lowest BCUT2D eigenvalue weighted by molar-refractivity contribution is -0.152. The molecule has 3 heterocycles. The van der Waals surface area contributed by atoms with Gasteiger partial charge in [-0.25, -0.2) is 4.79 Å². The van der Waals surface area contributed by atoms with Crippen LogP contribution in [0.15, 0.2) is 72.6 Å². The molecule has 44 heavy (non-hydrogen) atoms. The van der Waals surface area contributed by atoms with E-state index in [-0.39, 0.29) is 39.9 Å². The molecule has 1 unspecified atom stereocenters. The van der Waals surface area contributed by atoms with Gasteiger partial charge in [-0.1, -0.05) is 65.7 Å². The van der Waals surface area contributed by atoms with Crippen LogP contribution in [-0.4, -0.2) is 56.8 Å². The average Bonchev–Trinajstić information content (AvgIpc) is 3.01. The fourth-order valence-electron chi connectivity index (χ4n) is 6.09. The summed E-state index contributed by atoms with van der Waals surface area (Å²) in [6.45, 7) is 1.75. The molecule has 6 rings (SSSR count). The third-order valence-corrected chi connectivity index (χ3v) is 8.82. The summed E-state index contributed by atoms with van der Waals surface area (Å²) in [5.41, 5.74) is 2.59. The molecule has 2 atom stereocenters. The molecule has 228 valence electrons. The molecule has 1 saturated carbocycles. The molecule has 3 aromatic rings. The third-order valence-electron chi connectivity index (χ3n) is 8.25. The zero-order chi connectivity index (χ0) is 31.4. The molecule has 3 aliphatic rings. The second kappa shape index (κ2) is 13.6. The van der Waals surface area contributed by atoms with E-state index in [0.29, 0.717) is 16.8 Å². The highest BCUT2D eigenvalue weighted by Gasteiger charge is 2.48. The summed E-state index contributed by atoms with van der Waals surface area (Å²) in [5.74, 6) is -2.39. The van der Waals surface area contributed by atoms with Crippen molar-refractivity contribution in [1.29, 1.82) is 0 Å². The number of anilines is 1. The second-order valence-electron chi connectivity index (χ2n) is 11.2. The van der Waals surface area contributed by atoms with Gasteiger partial charge in [-0.2, -0.15) is 0 Å². The van der Waals surface area contributed by atoms with Crippen LogP contribution in [0.3, 0.4) is 0 Å². The SMILES string of the molecule is C/C(=C\c1ccccc1)C(=O)N1C2CCC(CC2)C1C(=O)N[C@@H](Cc1ccc(NC(=O)c2c(Cl)cncc2Cl)cc1)C(=O)O. The minimum atomic E-state index is -1.21. The first-order chi connectivity index (χ1) is 21.1. The van der Waals surface area contributed by atoms with Crippen molar-refractivity contribution in [3.63, 3.8) is 0 Å². The summed E-state index contributed by atoms with van der Waals surface area (Å²) in [5, 5.41) is 15.7. The van der Waals surface area contributed by atoms with Gasteiger partial charge in [-0.3, -0.25) is 19.4 Å². The van der Waals surface area contributed by atoms with Gasteiger partial charge in [0.05, 0.1) is 15.6 Å². The second-order valence-corrected chi connectivity index (χ2v) is 12.0. The van der Waals surface area contributed by atoms with Crippen LogP contribution in [0.1, 0.15) is 54.1 Å². The molecule has 11 heteroatoms. The fourth-order valence-corrected chi connectivity index (χ4v) is 6.62. The molecule has 0 radical (unpaired) electrons. The number of rotatable bonds is 9. The zero-order valence-corrected chi connectivity index (χ0v) is 25.5. The molecule has 3 fully saturated rings. The molecule has 0 spiro atoms. The van der Waals surface area contributed by atoms with Gasteiger partial charge >= 0.3 is 5.97 Å². The zero-order valence-electron chi connectivity index (χ0n) is 24.0. The summed E-state index contributed by atoms with van der Waals surface area (Å²) < 4.78 is 0. The van der Waals surface area contributed by atoms with Crippen LogP contribution in [0.25, 0.3) is 6.08 Å². The molecular weight excluding hydrogens is 603 g/mol. The number of nitrogens with zero attached hydrogens (tertiary/aromatic N) is 2. The summed E-state index contributed by atoms with van der Waals surface area (Å²) in [7, 11) is 0. The maximum atomic E-state index is 13.7. The number of carbonyl (C=O) groups is 4. The first-order valence-electron chi connectivity index (χ1n) is 14.4. The Morgan fingerprint density at radius 2 is 1.61 bits per heavy atom. The first-order valence-corrected chi connectivity index (χ1v) is 15.2. The highest BCUT2D eigenvalue weighted by molar-refractivity contribution is 6.40. The Labute approximate surface area is 265 Å². The number of pyridine rings is 1. The van der Waals surface area contributed by atoms with Gasteiger partial charge in [0.15, 0.2) is 0 Å². The van der Waals surface area contributed by atoms with Crippen LogP contribution in [-0.2, 0) is 20.8 Å². The summed E-state index contributed by atoms with van der Waals surface area (Å²) in [4.78, 5) is 57.8. The number of aliphatic carboxylic acids is 1. The van der Waals surface area contributed by atoms with Crippen molar-refractivity contribution < 1.29 is 24.3 Å². The van der Waals surface area contributed by atoms with Crippen LogP contribution in [0.2, 0.25) is 10.0 Å². The molecule has 2 aromatic carbocycles. The minimum Gasteiger partial charge on any atom is -0.480 e. The number of aromatic nitrogens is 1. The van der Waals surface area contributed by atoms with Crippen molar-refractivity contribution in [1.82, 2.24) is 15.2 Å². The number of carboxylic acid groups (broad SMARTS) is 1. The van der Waals surface area contributed by atoms with Gasteiger partial charge in [-0.15, -0.1) is 0 Å². The van der Waals surface area contributed by atoms with E-state index in [1.54, 1.807) is 36.1 Å². The Kier molecular flexibility index (Phi) is 9.66. The number of carboxylic acids is 1. The Morgan fingerprint density at radius 1 is 0.977 bits per heavy atom. The van der Waals surface area contributed by atoms with Crippen molar-refractivity contribution in [2.45, 2.75) is 57.2 Å². The lowest BCUT2D eigenvalue weighted by Gasteiger charge is -2.50. The molecule has 3 N–H and O–H groups in total. The highest BCUT2D eigenvalue weighted by atomic mass is 35.5. The smallest absolute Gasteiger partial charge is 0.326 e. The first kappa shape index (κ1) is 31.2. The minimum absolute atomic E-state index is 0.0129. The normalized spacial score (nSPS) is 20.1. The van der Waals surface area contributed by atoms with E-state index in [2.05, 4.69) is 15.6 Å². The van der Waals surface area contributed by atoms with Crippen molar-refractivity contribution >= 4 is 58.7 Å². The van der Waals surface area contributed by atoms with Gasteiger partial charge in [0.25, 0.3) is 5.91 Å². The van der Waals surface area contributed by atoms with Crippen molar-refractivity contribution in [3.05, 3.63) is 99.3 Å². The summed E-state index contributed by atoms with van der Waals surface area (Å²) >= 11 is 12.1. The largest absolute Gasteiger partial charge is 0.480 e. The number of carbonyl (C=O) groups excluding carboxylic acids is 3. The van der Waals surface area contributed by atoms with Gasteiger partial charge in [0.2, 0.25) is 11.8 Å². The number of amides is 3. The van der Waals surface area contributed by atoms with Gasteiger partial charge < -0.3 is 20.6 Å². The molecular formula is C33H32Cl2N4O5. The third kappa shape index (κ3) is 6.95. The monoisotopic (exact) mass is 634 g/mol. The van der Waals surface area contributed by atoms with Crippen molar-refractivity contribution in [2.75, 3.05) is 5.32 Å². The molecule has 1 aliphatic carbocycles. The summed E-state index contributed by atoms with van der Waals surface area (Å²) in [6.07, 6.45) is 7.74. The molecule has 2 bridgehead atoms. The van der Waals surface area contributed by atoms with Crippen molar-refractivity contribution in [2.24, 2.45) is 5.92 Å². The number of hydrogen-bond donors (Lipinski definition) is 3. The Hall–Kier alpha value is -4.21. The standard InChI is InChI=1S/C33H32Cl2N4O5/c1-19(15-20-5-3-2-4-6-20)32(42)39-24-13-9-22(10-14-24)29(39)31(41)38-27(33(43)44)16-21-7-11-23(12-8-21)37-30(40)28-25(34)17-36-18-26(28)35/h2-8,11-12,15,17-18,22,24,27,29H,9-10,13-14,16H2,1H3,(H,37,40)(H,38,41)(H,43,44)/b19-15+/t22?,24?,27-,29?/m0/s1. The predicted molar refractivity (Wildman–Crippen MR) is 168 cm³/mol. The average molecular weight is 636 g/mol. The van der Waals surface area contributed by atoms with Gasteiger partial charge in [-0.05, 0) is 67.9 Å². The van der Waals surface area contributed by atoms with Gasteiger partial charge in [0, 0.05) is 36.1 Å². The van der Waals surface area contributed by atoms with E-state index < -0.39 is 29.9 Å².